The van der Waals surface area contributed by atoms with Crippen LogP contribution in [0.5, 0.6) is 5.75 Å². The third-order valence-electron chi connectivity index (χ3n) is 4.08. The van der Waals surface area contributed by atoms with Crippen LogP contribution in [0, 0.1) is 15.9 Å². The van der Waals surface area contributed by atoms with Crippen molar-refractivity contribution in [2.24, 2.45) is 4.99 Å². The molecule has 1 N–H and O–H groups in total. The molecule has 29 heavy (non-hydrogen) atoms. The molecular formula is C20H11BrFN3O4. The van der Waals surface area contributed by atoms with Crippen molar-refractivity contribution in [3.05, 3.63) is 80.6 Å². The van der Waals surface area contributed by atoms with Gasteiger partial charge in [0, 0.05) is 27.9 Å². The summed E-state index contributed by atoms with van der Waals surface area (Å²) >= 11 is 3.18. The molecule has 144 valence electrons. The third kappa shape index (κ3) is 3.85. The maximum atomic E-state index is 13.4. The third-order valence-corrected chi connectivity index (χ3v) is 4.53. The molecule has 9 heteroatoms. The summed E-state index contributed by atoms with van der Waals surface area (Å²) in [7, 11) is 0. The Kier molecular flexibility index (Phi) is 4.81. The van der Waals surface area contributed by atoms with E-state index in [0.717, 1.165) is 0 Å². The van der Waals surface area contributed by atoms with Crippen LogP contribution < -0.4 is 0 Å². The summed E-state index contributed by atoms with van der Waals surface area (Å²) in [5.41, 5.74) is 1.79. The lowest BCUT2D eigenvalue weighted by molar-refractivity contribution is -0.385. The fourth-order valence-electron chi connectivity index (χ4n) is 2.73. The van der Waals surface area contributed by atoms with E-state index in [1.807, 2.05) is 0 Å². The lowest BCUT2D eigenvalue weighted by Gasteiger charge is -2.01. The summed E-state index contributed by atoms with van der Waals surface area (Å²) < 4.78 is 19.5. The Morgan fingerprint density at radius 1 is 1.21 bits per heavy atom. The van der Waals surface area contributed by atoms with Crippen molar-refractivity contribution in [3.8, 4) is 17.2 Å². The van der Waals surface area contributed by atoms with Crippen LogP contribution in [0.3, 0.4) is 0 Å². The normalized spacial score (nSPS) is 11.4. The Bertz CT molecular complexity index is 1290. The number of aromatic nitrogens is 1. The van der Waals surface area contributed by atoms with E-state index in [1.54, 1.807) is 30.3 Å². The van der Waals surface area contributed by atoms with Crippen LogP contribution in [0.25, 0.3) is 22.6 Å². The highest BCUT2D eigenvalue weighted by atomic mass is 79.9. The zero-order chi connectivity index (χ0) is 20.5. The number of oxazole rings is 1. The van der Waals surface area contributed by atoms with Crippen LogP contribution in [-0.2, 0) is 0 Å². The van der Waals surface area contributed by atoms with Gasteiger partial charge in [0.05, 0.1) is 10.6 Å². The lowest BCUT2D eigenvalue weighted by Crippen LogP contribution is -1.92. The quantitative estimate of drug-likeness (QED) is 0.239. The number of hydrogen-bond donors (Lipinski definition) is 1. The molecule has 0 atom stereocenters. The second-order valence-electron chi connectivity index (χ2n) is 6.06. The maximum Gasteiger partial charge on any atom is 0.312 e. The minimum atomic E-state index is -0.674. The molecule has 0 aliphatic rings. The summed E-state index contributed by atoms with van der Waals surface area (Å²) in [6, 6.07) is 13.6. The first kappa shape index (κ1) is 18.8. The number of aromatic hydroxyl groups is 1. The molecule has 0 fully saturated rings. The van der Waals surface area contributed by atoms with Gasteiger partial charge < -0.3 is 9.52 Å². The zero-order valence-electron chi connectivity index (χ0n) is 14.5. The highest BCUT2D eigenvalue weighted by molar-refractivity contribution is 9.10. The van der Waals surface area contributed by atoms with Crippen LogP contribution >= 0.6 is 15.9 Å². The Morgan fingerprint density at radius 2 is 2.03 bits per heavy atom. The van der Waals surface area contributed by atoms with Gasteiger partial charge in [0.1, 0.15) is 11.3 Å². The molecule has 1 heterocycles. The fraction of sp³-hybridized carbons (Fsp3) is 0. The summed E-state index contributed by atoms with van der Waals surface area (Å²) in [6.45, 7) is 0. The number of nitrogens with zero attached hydrogens (tertiary/aromatic N) is 3. The van der Waals surface area contributed by atoms with E-state index in [1.165, 1.54) is 30.5 Å². The van der Waals surface area contributed by atoms with Crippen molar-refractivity contribution < 1.29 is 18.8 Å². The molecule has 0 amide bonds. The van der Waals surface area contributed by atoms with Crippen molar-refractivity contribution in [3.63, 3.8) is 0 Å². The van der Waals surface area contributed by atoms with E-state index in [9.17, 15) is 19.6 Å². The monoisotopic (exact) mass is 455 g/mol. The first-order chi connectivity index (χ1) is 13.9. The van der Waals surface area contributed by atoms with Gasteiger partial charge in [0.15, 0.2) is 5.58 Å². The van der Waals surface area contributed by atoms with Crippen LogP contribution in [0.15, 0.2) is 68.5 Å². The molecule has 0 aliphatic heterocycles. The predicted molar refractivity (Wildman–Crippen MR) is 109 cm³/mol. The van der Waals surface area contributed by atoms with Crippen molar-refractivity contribution in [1.29, 1.82) is 0 Å². The second kappa shape index (κ2) is 7.44. The van der Waals surface area contributed by atoms with Crippen molar-refractivity contribution in [2.45, 2.75) is 0 Å². The number of phenolic OH excluding ortho intramolecular Hbond substituents is 1. The average Bonchev–Trinajstić information content (AvgIpc) is 3.11. The van der Waals surface area contributed by atoms with Gasteiger partial charge in [-0.15, -0.1) is 0 Å². The van der Waals surface area contributed by atoms with Gasteiger partial charge in [-0.25, -0.2) is 9.37 Å². The van der Waals surface area contributed by atoms with Gasteiger partial charge in [-0.05, 0) is 42.5 Å². The van der Waals surface area contributed by atoms with Gasteiger partial charge in [0.2, 0.25) is 11.6 Å². The van der Waals surface area contributed by atoms with Crippen molar-refractivity contribution in [2.75, 3.05) is 0 Å². The Hall–Kier alpha value is -3.59. The number of nitro benzene ring substituents is 1. The van der Waals surface area contributed by atoms with Gasteiger partial charge in [-0.3, -0.25) is 15.1 Å². The lowest BCUT2D eigenvalue weighted by atomic mass is 10.2. The minimum Gasteiger partial charge on any atom is -0.502 e. The van der Waals surface area contributed by atoms with Gasteiger partial charge in [0.25, 0.3) is 0 Å². The molecule has 4 rings (SSSR count). The molecule has 4 aromatic rings. The Balaban J connectivity index is 1.68. The van der Waals surface area contributed by atoms with Gasteiger partial charge in [-0.2, -0.15) is 0 Å². The van der Waals surface area contributed by atoms with Crippen molar-refractivity contribution >= 4 is 44.6 Å². The van der Waals surface area contributed by atoms with Crippen molar-refractivity contribution in [1.82, 2.24) is 4.98 Å². The largest absolute Gasteiger partial charge is 0.502 e. The van der Waals surface area contributed by atoms with E-state index >= 15 is 0 Å². The van der Waals surface area contributed by atoms with Crippen LogP contribution in [-0.4, -0.2) is 21.2 Å². The van der Waals surface area contributed by atoms with E-state index in [0.29, 0.717) is 26.8 Å². The first-order valence-corrected chi connectivity index (χ1v) is 9.07. The summed E-state index contributed by atoms with van der Waals surface area (Å²) in [4.78, 5) is 19.0. The molecule has 0 aliphatic carbocycles. The number of rotatable bonds is 4. The van der Waals surface area contributed by atoms with E-state index in [2.05, 4.69) is 25.9 Å². The number of aliphatic imine (C=N–C) groups is 1. The molecule has 3 aromatic carbocycles. The molecule has 0 saturated carbocycles. The molecule has 7 nitrogen and oxygen atoms in total. The molecule has 0 saturated heterocycles. The molecule has 0 spiro atoms. The summed E-state index contributed by atoms with van der Waals surface area (Å²) in [5, 5.41) is 21.1. The van der Waals surface area contributed by atoms with Gasteiger partial charge in [-0.1, -0.05) is 22.0 Å². The standard InChI is InChI=1S/C20H11BrFN3O4/c21-13-6-12(19(26)17(8-13)25(27)28)10-23-15-4-5-18-16(9-15)24-20(29-18)11-2-1-3-14(22)7-11/h1-10,26H. The van der Waals surface area contributed by atoms with E-state index in [4.69, 9.17) is 4.42 Å². The first-order valence-electron chi connectivity index (χ1n) is 8.28. The maximum absolute atomic E-state index is 13.4. The number of nitro groups is 1. The number of halogens is 2. The molecule has 1 aromatic heterocycles. The Labute approximate surface area is 171 Å². The Morgan fingerprint density at radius 3 is 2.79 bits per heavy atom. The SMILES string of the molecule is O=[N+]([O-])c1cc(Br)cc(C=Nc2ccc3oc(-c4cccc(F)c4)nc3c2)c1O. The smallest absolute Gasteiger partial charge is 0.312 e. The molecular weight excluding hydrogens is 445 g/mol. The molecule has 0 bridgehead atoms. The molecule has 0 radical (unpaired) electrons. The summed E-state index contributed by atoms with van der Waals surface area (Å²) in [5.74, 6) is -0.586. The van der Waals surface area contributed by atoms with E-state index < -0.39 is 22.2 Å². The number of fused-ring (bicyclic) bond motifs is 1. The van der Waals surface area contributed by atoms with Crippen LogP contribution in [0.2, 0.25) is 0 Å². The highest BCUT2D eigenvalue weighted by Gasteiger charge is 2.17. The van der Waals surface area contributed by atoms with E-state index in [-0.39, 0.29) is 11.5 Å². The number of hydrogen-bond acceptors (Lipinski definition) is 6. The summed E-state index contributed by atoms with van der Waals surface area (Å²) in [6.07, 6.45) is 1.32. The fourth-order valence-corrected chi connectivity index (χ4v) is 3.19. The zero-order valence-corrected chi connectivity index (χ0v) is 16.1. The topological polar surface area (TPSA) is 102 Å². The predicted octanol–water partition coefficient (Wildman–Crippen LogP) is 5.76. The molecule has 0 unspecified atom stereocenters. The minimum absolute atomic E-state index is 0.187. The number of phenols is 1. The second-order valence-corrected chi connectivity index (χ2v) is 6.98. The van der Waals surface area contributed by atoms with Crippen LogP contribution in [0.1, 0.15) is 5.56 Å². The van der Waals surface area contributed by atoms with Crippen LogP contribution in [0.4, 0.5) is 15.8 Å². The average molecular weight is 456 g/mol. The number of benzene rings is 3. The highest BCUT2D eigenvalue weighted by Crippen LogP contribution is 2.33. The van der Waals surface area contributed by atoms with Gasteiger partial charge >= 0.3 is 5.69 Å².